The highest BCUT2D eigenvalue weighted by atomic mass is 32.2. The Labute approximate surface area is 199 Å². The minimum atomic E-state index is -3.81. The van der Waals surface area contributed by atoms with E-state index in [9.17, 15) is 18.0 Å². The summed E-state index contributed by atoms with van der Waals surface area (Å²) in [5, 5.41) is 6.78. The van der Waals surface area contributed by atoms with Crippen LogP contribution in [0.5, 0.6) is 0 Å². The van der Waals surface area contributed by atoms with Crippen LogP contribution in [0.15, 0.2) is 33.7 Å². The molecule has 2 fully saturated rings. The van der Waals surface area contributed by atoms with Gasteiger partial charge in [-0.1, -0.05) is 17.3 Å². The Hall–Kier alpha value is -2.92. The molecule has 0 radical (unpaired) electrons. The summed E-state index contributed by atoms with van der Waals surface area (Å²) in [7, 11) is -3.81. The SMILES string of the molecule is Cc1noc(C)c1S(=O)(=O)N1CCCC(C(=O)Nc2ccccc2N2CCC(C(N)=O)CC2)C1. The summed E-state index contributed by atoms with van der Waals surface area (Å²) in [6.07, 6.45) is 2.54. The number of nitrogens with one attached hydrogen (secondary N) is 1. The summed E-state index contributed by atoms with van der Waals surface area (Å²) in [4.78, 5) is 26.9. The fourth-order valence-corrected chi connectivity index (χ4v) is 6.66. The first kappa shape index (κ1) is 24.2. The van der Waals surface area contributed by atoms with E-state index in [2.05, 4.69) is 15.4 Å². The Morgan fingerprint density at radius 3 is 2.44 bits per heavy atom. The predicted molar refractivity (Wildman–Crippen MR) is 127 cm³/mol. The summed E-state index contributed by atoms with van der Waals surface area (Å²) in [6, 6.07) is 7.54. The van der Waals surface area contributed by atoms with Crippen LogP contribution in [0.2, 0.25) is 0 Å². The van der Waals surface area contributed by atoms with Crippen LogP contribution < -0.4 is 16.0 Å². The summed E-state index contributed by atoms with van der Waals surface area (Å²) in [6.45, 7) is 4.97. The van der Waals surface area contributed by atoms with Crippen LogP contribution in [0.1, 0.15) is 37.1 Å². The Morgan fingerprint density at radius 1 is 1.09 bits per heavy atom. The van der Waals surface area contributed by atoms with Gasteiger partial charge in [0.1, 0.15) is 10.6 Å². The van der Waals surface area contributed by atoms with Gasteiger partial charge < -0.3 is 20.5 Å². The van der Waals surface area contributed by atoms with Crippen molar-refractivity contribution in [2.24, 2.45) is 17.6 Å². The second kappa shape index (κ2) is 9.75. The van der Waals surface area contributed by atoms with Gasteiger partial charge in [-0.2, -0.15) is 4.31 Å². The number of aryl methyl sites for hydroxylation is 2. The van der Waals surface area contributed by atoms with Gasteiger partial charge in [0.2, 0.25) is 21.8 Å². The molecule has 34 heavy (non-hydrogen) atoms. The lowest BCUT2D eigenvalue weighted by molar-refractivity contribution is -0.122. The zero-order valence-electron chi connectivity index (χ0n) is 19.5. The molecule has 1 atom stereocenters. The van der Waals surface area contributed by atoms with Crippen molar-refractivity contribution >= 4 is 33.2 Å². The molecule has 2 saturated heterocycles. The highest BCUT2D eigenvalue weighted by Crippen LogP contribution is 2.32. The Kier molecular flexibility index (Phi) is 6.94. The summed E-state index contributed by atoms with van der Waals surface area (Å²) >= 11 is 0. The standard InChI is InChI=1S/C23H31N5O5S/c1-15-21(16(2)33-26-15)34(31,32)28-11-5-6-18(14-28)23(30)25-19-7-3-4-8-20(19)27-12-9-17(10-13-27)22(24)29/h3-4,7-8,17-18H,5-6,9-14H2,1-2H3,(H2,24,29)(H,25,30). The molecule has 3 heterocycles. The fraction of sp³-hybridized carbons (Fsp3) is 0.522. The van der Waals surface area contributed by atoms with Gasteiger partial charge in [-0.15, -0.1) is 0 Å². The average Bonchev–Trinajstić information content (AvgIpc) is 3.18. The number of sulfonamides is 1. The van der Waals surface area contributed by atoms with Crippen molar-refractivity contribution in [3.63, 3.8) is 0 Å². The highest BCUT2D eigenvalue weighted by Gasteiger charge is 2.36. The van der Waals surface area contributed by atoms with E-state index in [-0.39, 0.29) is 34.9 Å². The number of rotatable bonds is 6. The molecule has 0 bridgehead atoms. The molecule has 2 amide bonds. The number of aromatic nitrogens is 1. The molecule has 11 heteroatoms. The quantitative estimate of drug-likeness (QED) is 0.633. The van der Waals surface area contributed by atoms with E-state index in [1.165, 1.54) is 4.31 Å². The van der Waals surface area contributed by atoms with Crippen LogP contribution in [-0.2, 0) is 19.6 Å². The molecule has 3 N–H and O–H groups in total. The molecule has 4 rings (SSSR count). The highest BCUT2D eigenvalue weighted by molar-refractivity contribution is 7.89. The van der Waals surface area contributed by atoms with Gasteiger partial charge in [-0.25, -0.2) is 8.42 Å². The van der Waals surface area contributed by atoms with Crippen molar-refractivity contribution < 1.29 is 22.5 Å². The topological polar surface area (TPSA) is 139 Å². The van der Waals surface area contributed by atoms with Crippen LogP contribution in [-0.4, -0.2) is 55.9 Å². The number of nitrogens with two attached hydrogens (primary N) is 1. The smallest absolute Gasteiger partial charge is 0.248 e. The van der Waals surface area contributed by atoms with Crippen LogP contribution in [0.3, 0.4) is 0 Å². The molecule has 0 saturated carbocycles. The molecule has 1 aromatic carbocycles. The zero-order chi connectivity index (χ0) is 24.5. The third-order valence-corrected chi connectivity index (χ3v) is 8.83. The van der Waals surface area contributed by atoms with E-state index in [0.29, 0.717) is 56.7 Å². The minimum Gasteiger partial charge on any atom is -0.370 e. The van der Waals surface area contributed by atoms with Crippen molar-refractivity contribution in [3.05, 3.63) is 35.7 Å². The van der Waals surface area contributed by atoms with Gasteiger partial charge in [0.15, 0.2) is 5.76 Å². The first-order valence-corrected chi connectivity index (χ1v) is 13.0. The number of anilines is 2. The molecule has 2 aromatic rings. The lowest BCUT2D eigenvalue weighted by Gasteiger charge is -2.34. The Balaban J connectivity index is 1.46. The van der Waals surface area contributed by atoms with E-state index in [4.69, 9.17) is 10.3 Å². The van der Waals surface area contributed by atoms with Crippen LogP contribution in [0.4, 0.5) is 11.4 Å². The van der Waals surface area contributed by atoms with E-state index >= 15 is 0 Å². The van der Waals surface area contributed by atoms with Gasteiger partial charge in [0, 0.05) is 32.1 Å². The number of para-hydroxylation sites is 2. The molecule has 1 aromatic heterocycles. The number of hydrogen-bond donors (Lipinski definition) is 2. The second-order valence-electron chi connectivity index (χ2n) is 9.03. The van der Waals surface area contributed by atoms with Gasteiger partial charge in [0.05, 0.1) is 17.3 Å². The first-order chi connectivity index (χ1) is 16.2. The number of carbonyl (C=O) groups excluding carboxylic acids is 2. The third-order valence-electron chi connectivity index (χ3n) is 6.72. The van der Waals surface area contributed by atoms with Crippen molar-refractivity contribution in [3.8, 4) is 0 Å². The molecule has 2 aliphatic heterocycles. The Morgan fingerprint density at radius 2 is 1.79 bits per heavy atom. The first-order valence-electron chi connectivity index (χ1n) is 11.6. The van der Waals surface area contributed by atoms with Crippen molar-refractivity contribution in [2.45, 2.75) is 44.4 Å². The molecule has 1 unspecified atom stereocenters. The third kappa shape index (κ3) is 4.80. The maximum absolute atomic E-state index is 13.2. The molecule has 184 valence electrons. The summed E-state index contributed by atoms with van der Waals surface area (Å²) < 4.78 is 32.8. The Bertz CT molecular complexity index is 1150. The number of amides is 2. The van der Waals surface area contributed by atoms with Crippen molar-refractivity contribution in [2.75, 3.05) is 36.4 Å². The van der Waals surface area contributed by atoms with Crippen molar-refractivity contribution in [1.82, 2.24) is 9.46 Å². The molecular formula is C23H31N5O5S. The van der Waals surface area contributed by atoms with Crippen LogP contribution >= 0.6 is 0 Å². The van der Waals surface area contributed by atoms with Gasteiger partial charge >= 0.3 is 0 Å². The molecule has 10 nitrogen and oxygen atoms in total. The fourth-order valence-electron chi connectivity index (χ4n) is 4.84. The van der Waals surface area contributed by atoms with Crippen LogP contribution in [0.25, 0.3) is 0 Å². The number of nitrogens with zero attached hydrogens (tertiary/aromatic N) is 3. The number of primary amides is 1. The number of benzene rings is 1. The summed E-state index contributed by atoms with van der Waals surface area (Å²) in [5.74, 6) is -0.825. The number of carbonyl (C=O) groups is 2. The monoisotopic (exact) mass is 489 g/mol. The largest absolute Gasteiger partial charge is 0.370 e. The predicted octanol–water partition coefficient (Wildman–Crippen LogP) is 2.03. The van der Waals surface area contributed by atoms with Gasteiger partial charge in [-0.3, -0.25) is 9.59 Å². The average molecular weight is 490 g/mol. The summed E-state index contributed by atoms with van der Waals surface area (Å²) in [5.41, 5.74) is 7.33. The maximum atomic E-state index is 13.2. The lowest BCUT2D eigenvalue weighted by Crippen LogP contribution is -2.44. The van der Waals surface area contributed by atoms with Gasteiger partial charge in [0.25, 0.3) is 0 Å². The molecule has 0 aliphatic carbocycles. The normalized spacial score (nSPS) is 20.3. The molecular weight excluding hydrogens is 458 g/mol. The molecule has 0 spiro atoms. The van der Waals surface area contributed by atoms with Gasteiger partial charge in [-0.05, 0) is 51.7 Å². The van der Waals surface area contributed by atoms with Crippen LogP contribution in [0, 0.1) is 25.7 Å². The number of hydrogen-bond acceptors (Lipinski definition) is 7. The second-order valence-corrected chi connectivity index (χ2v) is 10.9. The van der Waals surface area contributed by atoms with E-state index in [0.717, 1.165) is 5.69 Å². The minimum absolute atomic E-state index is 0.0817. The maximum Gasteiger partial charge on any atom is 0.248 e. The lowest BCUT2D eigenvalue weighted by atomic mass is 9.95. The van der Waals surface area contributed by atoms with Crippen molar-refractivity contribution in [1.29, 1.82) is 0 Å². The van der Waals surface area contributed by atoms with E-state index in [1.54, 1.807) is 13.8 Å². The van der Waals surface area contributed by atoms with E-state index in [1.807, 2.05) is 24.3 Å². The number of piperidine rings is 2. The molecule has 2 aliphatic rings. The zero-order valence-corrected chi connectivity index (χ0v) is 20.3. The van der Waals surface area contributed by atoms with E-state index < -0.39 is 15.9 Å².